The van der Waals surface area contributed by atoms with Crippen molar-refractivity contribution in [1.29, 1.82) is 0 Å². The second kappa shape index (κ2) is 4.08. The number of ether oxygens (including phenoxy) is 1. The molecule has 4 nitrogen and oxygen atoms in total. The van der Waals surface area contributed by atoms with Crippen LogP contribution >= 0.6 is 0 Å². The van der Waals surface area contributed by atoms with E-state index in [1.165, 1.54) is 6.26 Å². The number of epoxide rings is 1. The van der Waals surface area contributed by atoms with Crippen molar-refractivity contribution in [3.8, 4) is 0 Å². The molecule has 0 spiro atoms. The molecule has 0 bridgehead atoms. The van der Waals surface area contributed by atoms with E-state index in [4.69, 9.17) is 4.74 Å². The minimum absolute atomic E-state index is 0.0119. The Morgan fingerprint density at radius 3 is 2.29 bits per heavy atom. The number of hydrogen-bond acceptors (Lipinski definition) is 4. The van der Waals surface area contributed by atoms with Gasteiger partial charge in [0.05, 0.1) is 11.5 Å². The third-order valence-electron chi connectivity index (χ3n) is 3.25. The van der Waals surface area contributed by atoms with Gasteiger partial charge in [0.25, 0.3) is 0 Å². The second-order valence-corrected chi connectivity index (χ2v) is 6.43. The van der Waals surface area contributed by atoms with Crippen molar-refractivity contribution in [2.45, 2.75) is 29.9 Å². The molecule has 1 aromatic carbocycles. The molecule has 0 amide bonds. The Balaban J connectivity index is 2.22. The van der Waals surface area contributed by atoms with E-state index in [1.54, 1.807) is 24.3 Å². The molecule has 0 saturated carbocycles. The van der Waals surface area contributed by atoms with Crippen molar-refractivity contribution >= 4 is 9.84 Å². The zero-order valence-electron chi connectivity index (χ0n) is 9.88. The standard InChI is InChI=1S/C12H16O4S/c1-3-12(8-13)11(16-12)9-4-6-10(7-5-9)17(2,14)15/h4-7,11,13H,3,8H2,1-2H3/t11-,12-/m0/s1. The molecule has 1 aromatic rings. The molecule has 5 heteroatoms. The molecule has 0 radical (unpaired) electrons. The van der Waals surface area contributed by atoms with Gasteiger partial charge in [-0.15, -0.1) is 0 Å². The Labute approximate surface area is 101 Å². The zero-order chi connectivity index (χ0) is 12.7. The normalized spacial score (nSPS) is 28.1. The molecule has 1 heterocycles. The summed E-state index contributed by atoms with van der Waals surface area (Å²) in [6, 6.07) is 6.64. The van der Waals surface area contributed by atoms with Crippen molar-refractivity contribution in [1.82, 2.24) is 0 Å². The molecule has 0 aromatic heterocycles. The van der Waals surface area contributed by atoms with E-state index >= 15 is 0 Å². The highest BCUT2D eigenvalue weighted by Gasteiger charge is 2.55. The van der Waals surface area contributed by atoms with Crippen LogP contribution in [0.5, 0.6) is 0 Å². The first-order valence-corrected chi connectivity index (χ1v) is 7.41. The average Bonchev–Trinajstić information content (AvgIpc) is 3.03. The van der Waals surface area contributed by atoms with Crippen molar-refractivity contribution in [3.05, 3.63) is 29.8 Å². The number of hydrogen-bond donors (Lipinski definition) is 1. The van der Waals surface area contributed by atoms with Crippen LogP contribution in [0.3, 0.4) is 0 Å². The molecule has 1 saturated heterocycles. The number of aliphatic hydroxyl groups is 1. The average molecular weight is 256 g/mol. The predicted octanol–water partition coefficient (Wildman–Crippen LogP) is 1.30. The number of benzene rings is 1. The Kier molecular flexibility index (Phi) is 3.01. The first-order chi connectivity index (χ1) is 7.93. The summed E-state index contributed by atoms with van der Waals surface area (Å²) in [6.45, 7) is 1.95. The van der Waals surface area contributed by atoms with E-state index in [1.807, 2.05) is 6.92 Å². The minimum atomic E-state index is -3.15. The SMILES string of the molecule is CC[C@@]1(CO)O[C@H]1c1ccc(S(C)(=O)=O)cc1. The number of rotatable bonds is 4. The van der Waals surface area contributed by atoms with Gasteiger partial charge in [-0.25, -0.2) is 8.42 Å². The van der Waals surface area contributed by atoms with Crippen LogP contribution in [-0.2, 0) is 14.6 Å². The topological polar surface area (TPSA) is 66.9 Å². The first kappa shape index (κ1) is 12.5. The summed E-state index contributed by atoms with van der Waals surface area (Å²) in [5, 5.41) is 9.25. The second-order valence-electron chi connectivity index (χ2n) is 4.42. The Morgan fingerprint density at radius 2 is 1.94 bits per heavy atom. The third kappa shape index (κ3) is 2.22. The van der Waals surface area contributed by atoms with Crippen LogP contribution in [0.15, 0.2) is 29.2 Å². The van der Waals surface area contributed by atoms with Crippen molar-refractivity contribution in [2.24, 2.45) is 0 Å². The molecule has 0 aliphatic carbocycles. The van der Waals surface area contributed by atoms with Gasteiger partial charge in [0.2, 0.25) is 0 Å². The van der Waals surface area contributed by atoms with E-state index in [0.29, 0.717) is 4.90 Å². The van der Waals surface area contributed by atoms with Crippen LogP contribution in [0, 0.1) is 0 Å². The van der Waals surface area contributed by atoms with E-state index < -0.39 is 15.4 Å². The predicted molar refractivity (Wildman–Crippen MR) is 63.5 cm³/mol. The summed E-state index contributed by atoms with van der Waals surface area (Å²) >= 11 is 0. The molecule has 1 aliphatic heterocycles. The lowest BCUT2D eigenvalue weighted by Gasteiger charge is -2.05. The van der Waals surface area contributed by atoms with Gasteiger partial charge in [0.15, 0.2) is 9.84 Å². The summed E-state index contributed by atoms with van der Waals surface area (Å²) in [4.78, 5) is 0.299. The van der Waals surface area contributed by atoms with Crippen molar-refractivity contribution < 1.29 is 18.3 Å². The molecule has 2 atom stereocenters. The fraction of sp³-hybridized carbons (Fsp3) is 0.500. The molecular weight excluding hydrogens is 240 g/mol. The van der Waals surface area contributed by atoms with Crippen LogP contribution in [-0.4, -0.2) is 32.0 Å². The lowest BCUT2D eigenvalue weighted by Crippen LogP contribution is -2.16. The molecular formula is C12H16O4S. The van der Waals surface area contributed by atoms with Crippen LogP contribution in [0.25, 0.3) is 0 Å². The van der Waals surface area contributed by atoms with E-state index in [2.05, 4.69) is 0 Å². The summed E-state index contributed by atoms with van der Waals surface area (Å²) in [6.07, 6.45) is 1.80. The molecule has 2 rings (SSSR count). The highest BCUT2D eigenvalue weighted by Crippen LogP contribution is 2.51. The van der Waals surface area contributed by atoms with E-state index in [9.17, 15) is 13.5 Å². The maximum atomic E-state index is 11.3. The van der Waals surface area contributed by atoms with Gasteiger partial charge < -0.3 is 9.84 Å². The van der Waals surface area contributed by atoms with Crippen LogP contribution in [0.4, 0.5) is 0 Å². The fourth-order valence-corrected chi connectivity index (χ4v) is 2.59. The van der Waals surface area contributed by atoms with Crippen molar-refractivity contribution in [2.75, 3.05) is 12.9 Å². The summed E-state index contributed by atoms with van der Waals surface area (Å²) in [5.41, 5.74) is 0.445. The maximum absolute atomic E-state index is 11.3. The molecule has 1 fully saturated rings. The molecule has 1 N–H and O–H groups in total. The maximum Gasteiger partial charge on any atom is 0.175 e. The van der Waals surface area contributed by atoms with Gasteiger partial charge in [0, 0.05) is 6.26 Å². The molecule has 0 unspecified atom stereocenters. The van der Waals surface area contributed by atoms with E-state index in [0.717, 1.165) is 12.0 Å². The summed E-state index contributed by atoms with van der Waals surface area (Å²) in [7, 11) is -3.15. The quantitative estimate of drug-likeness (QED) is 0.825. The number of aliphatic hydroxyl groups excluding tert-OH is 1. The van der Waals surface area contributed by atoms with Gasteiger partial charge in [-0.2, -0.15) is 0 Å². The van der Waals surface area contributed by atoms with Gasteiger partial charge in [-0.3, -0.25) is 0 Å². The van der Waals surface area contributed by atoms with Gasteiger partial charge in [-0.05, 0) is 24.1 Å². The molecule has 1 aliphatic rings. The van der Waals surface area contributed by atoms with Gasteiger partial charge >= 0.3 is 0 Å². The van der Waals surface area contributed by atoms with Crippen LogP contribution < -0.4 is 0 Å². The third-order valence-corrected chi connectivity index (χ3v) is 4.38. The Bertz CT molecular complexity index is 500. The summed E-state index contributed by atoms with van der Waals surface area (Å²) < 4.78 is 28.1. The minimum Gasteiger partial charge on any atom is -0.393 e. The highest BCUT2D eigenvalue weighted by molar-refractivity contribution is 7.90. The van der Waals surface area contributed by atoms with Crippen LogP contribution in [0.2, 0.25) is 0 Å². The lowest BCUT2D eigenvalue weighted by atomic mass is 9.98. The fourth-order valence-electron chi connectivity index (χ4n) is 1.96. The van der Waals surface area contributed by atoms with Crippen molar-refractivity contribution in [3.63, 3.8) is 0 Å². The summed E-state index contributed by atoms with van der Waals surface area (Å²) in [5.74, 6) is 0. The smallest absolute Gasteiger partial charge is 0.175 e. The lowest BCUT2D eigenvalue weighted by molar-refractivity contribution is 0.168. The molecule has 17 heavy (non-hydrogen) atoms. The molecule has 94 valence electrons. The Morgan fingerprint density at radius 1 is 1.35 bits per heavy atom. The first-order valence-electron chi connectivity index (χ1n) is 5.51. The van der Waals surface area contributed by atoms with Gasteiger partial charge in [-0.1, -0.05) is 19.1 Å². The van der Waals surface area contributed by atoms with Gasteiger partial charge in [0.1, 0.15) is 11.7 Å². The highest BCUT2D eigenvalue weighted by atomic mass is 32.2. The van der Waals surface area contributed by atoms with Crippen LogP contribution in [0.1, 0.15) is 25.0 Å². The largest absolute Gasteiger partial charge is 0.393 e. The zero-order valence-corrected chi connectivity index (χ0v) is 10.7. The Hall–Kier alpha value is -0.910. The van der Waals surface area contributed by atoms with E-state index in [-0.39, 0.29) is 12.7 Å². The number of sulfone groups is 1. The monoisotopic (exact) mass is 256 g/mol.